The Morgan fingerprint density at radius 3 is 2.44 bits per heavy atom. The minimum Gasteiger partial charge on any atom is -0.507 e. The van der Waals surface area contributed by atoms with Gasteiger partial charge in [-0.05, 0) is 27.4 Å². The molecule has 2 aromatic carbocycles. The topological polar surface area (TPSA) is 74.6 Å². The maximum absolute atomic E-state index is 11.2. The van der Waals surface area contributed by atoms with Gasteiger partial charge in [0.1, 0.15) is 10.6 Å². The molecule has 0 saturated heterocycles. The van der Waals surface area contributed by atoms with Crippen LogP contribution < -0.4 is 0 Å². The number of fused-ring (bicyclic) bond motifs is 1. The van der Waals surface area contributed by atoms with E-state index in [1.165, 1.54) is 6.07 Å². The number of halogens is 1. The van der Waals surface area contributed by atoms with Crippen molar-refractivity contribution in [3.05, 3.63) is 34.8 Å². The van der Waals surface area contributed by atoms with Crippen molar-refractivity contribution in [3.8, 4) is 5.75 Å². The summed E-state index contributed by atoms with van der Waals surface area (Å²) in [4.78, 5) is -0.317. The van der Waals surface area contributed by atoms with E-state index < -0.39 is 10.1 Å². The highest BCUT2D eigenvalue weighted by Crippen LogP contribution is 2.37. The number of hydrogen-bond acceptors (Lipinski definition) is 3. The average Bonchev–Trinajstić information content (AvgIpc) is 2.17. The van der Waals surface area contributed by atoms with Crippen LogP contribution in [-0.4, -0.2) is 18.1 Å². The van der Waals surface area contributed by atoms with Crippen molar-refractivity contribution in [2.45, 2.75) is 4.90 Å². The molecule has 0 heterocycles. The van der Waals surface area contributed by atoms with E-state index in [1.807, 2.05) is 0 Å². The van der Waals surface area contributed by atoms with Crippen LogP contribution >= 0.6 is 15.9 Å². The predicted octanol–water partition coefficient (Wildman–Crippen LogP) is 2.55. The quantitative estimate of drug-likeness (QED) is 0.794. The molecule has 0 saturated carbocycles. The van der Waals surface area contributed by atoms with E-state index in [0.29, 0.717) is 10.8 Å². The van der Waals surface area contributed by atoms with Crippen molar-refractivity contribution < 1.29 is 18.1 Å². The second-order valence-corrected chi connectivity index (χ2v) is 5.39. The van der Waals surface area contributed by atoms with Gasteiger partial charge in [-0.3, -0.25) is 4.55 Å². The lowest BCUT2D eigenvalue weighted by molar-refractivity contribution is 0.464. The molecule has 0 aliphatic heterocycles. The summed E-state index contributed by atoms with van der Waals surface area (Å²) < 4.78 is 31.6. The van der Waals surface area contributed by atoms with Gasteiger partial charge in [0.2, 0.25) is 0 Å². The molecule has 4 nitrogen and oxygen atoms in total. The number of hydrogen-bond donors (Lipinski definition) is 2. The van der Waals surface area contributed by atoms with E-state index in [9.17, 15) is 13.5 Å². The van der Waals surface area contributed by atoms with Gasteiger partial charge in [-0.2, -0.15) is 8.42 Å². The predicted molar refractivity (Wildman–Crippen MR) is 63.1 cm³/mol. The summed E-state index contributed by atoms with van der Waals surface area (Å²) in [6, 6.07) is 8.00. The second-order valence-electron chi connectivity index (χ2n) is 3.24. The van der Waals surface area contributed by atoms with Gasteiger partial charge < -0.3 is 5.11 Å². The number of benzene rings is 2. The number of phenols is 1. The Labute approximate surface area is 100 Å². The monoisotopic (exact) mass is 302 g/mol. The lowest BCUT2D eigenvalue weighted by Crippen LogP contribution is -2.00. The molecule has 0 aliphatic rings. The molecule has 0 aromatic heterocycles. The van der Waals surface area contributed by atoms with Crippen LogP contribution in [0.2, 0.25) is 0 Å². The van der Waals surface area contributed by atoms with Gasteiger partial charge in [0.25, 0.3) is 10.1 Å². The van der Waals surface area contributed by atoms with E-state index in [2.05, 4.69) is 15.9 Å². The van der Waals surface area contributed by atoms with E-state index in [0.717, 1.165) is 0 Å². The lowest BCUT2D eigenvalue weighted by atomic mass is 10.1. The zero-order valence-corrected chi connectivity index (χ0v) is 10.3. The number of aromatic hydroxyl groups is 1. The summed E-state index contributed by atoms with van der Waals surface area (Å²) in [5.41, 5.74) is 0. The third-order valence-electron chi connectivity index (χ3n) is 2.18. The summed E-state index contributed by atoms with van der Waals surface area (Å²) in [5.74, 6) is -0.230. The third kappa shape index (κ3) is 1.79. The highest BCUT2D eigenvalue weighted by molar-refractivity contribution is 9.10. The third-order valence-corrected chi connectivity index (χ3v) is 4.18. The van der Waals surface area contributed by atoms with Crippen LogP contribution in [-0.2, 0) is 10.1 Å². The van der Waals surface area contributed by atoms with Gasteiger partial charge in [-0.25, -0.2) is 0 Å². The fraction of sp³-hybridized carbons (Fsp3) is 0. The second kappa shape index (κ2) is 3.73. The highest BCUT2D eigenvalue weighted by Gasteiger charge is 2.20. The Morgan fingerprint density at radius 2 is 1.81 bits per heavy atom. The number of rotatable bonds is 1. The molecule has 0 fully saturated rings. The first-order chi connectivity index (χ1) is 7.41. The zero-order chi connectivity index (χ0) is 11.9. The van der Waals surface area contributed by atoms with Crippen molar-refractivity contribution in [2.75, 3.05) is 0 Å². The Hall–Kier alpha value is -1.11. The summed E-state index contributed by atoms with van der Waals surface area (Å²) in [7, 11) is -4.39. The first-order valence-electron chi connectivity index (χ1n) is 4.29. The Morgan fingerprint density at radius 1 is 1.19 bits per heavy atom. The van der Waals surface area contributed by atoms with Crippen LogP contribution in [0.15, 0.2) is 39.7 Å². The van der Waals surface area contributed by atoms with Gasteiger partial charge in [-0.15, -0.1) is 0 Å². The molecule has 84 valence electrons. The van der Waals surface area contributed by atoms with E-state index >= 15 is 0 Å². The molecule has 6 heteroatoms. The molecule has 0 amide bonds. The first kappa shape index (κ1) is 11.4. The van der Waals surface area contributed by atoms with E-state index in [4.69, 9.17) is 4.55 Å². The molecule has 0 radical (unpaired) electrons. The van der Waals surface area contributed by atoms with E-state index in [1.54, 1.807) is 24.3 Å². The van der Waals surface area contributed by atoms with Gasteiger partial charge >= 0.3 is 0 Å². The zero-order valence-electron chi connectivity index (χ0n) is 7.88. The lowest BCUT2D eigenvalue weighted by Gasteiger charge is -2.08. The molecule has 0 bridgehead atoms. The average molecular weight is 303 g/mol. The fourth-order valence-electron chi connectivity index (χ4n) is 1.53. The molecule has 2 rings (SSSR count). The standard InChI is InChI=1S/C10H7BrO4S/c11-9-8(12)5-6-3-1-2-4-7(6)10(9)16(13,14)15/h1-5,12H,(H,13,14,15). The molecule has 0 atom stereocenters. The van der Waals surface area contributed by atoms with Crippen LogP contribution in [0.4, 0.5) is 0 Å². The highest BCUT2D eigenvalue weighted by atomic mass is 79.9. The summed E-state index contributed by atoms with van der Waals surface area (Å²) in [5, 5.41) is 10.4. The molecule has 0 unspecified atom stereocenters. The van der Waals surface area contributed by atoms with Crippen molar-refractivity contribution in [1.82, 2.24) is 0 Å². The van der Waals surface area contributed by atoms with Crippen LogP contribution in [0.25, 0.3) is 10.8 Å². The maximum Gasteiger partial charge on any atom is 0.296 e. The minimum atomic E-state index is -4.39. The SMILES string of the molecule is O=S(=O)(O)c1c(Br)c(O)cc2ccccc12. The van der Waals surface area contributed by atoms with Gasteiger partial charge in [0.05, 0.1) is 4.47 Å². The Kier molecular flexibility index (Phi) is 2.65. The Bertz CT molecular complexity index is 664. The van der Waals surface area contributed by atoms with Crippen LogP contribution in [0.5, 0.6) is 5.75 Å². The van der Waals surface area contributed by atoms with Crippen molar-refractivity contribution in [2.24, 2.45) is 0 Å². The maximum atomic E-state index is 11.2. The van der Waals surface area contributed by atoms with Gasteiger partial charge in [0.15, 0.2) is 0 Å². The summed E-state index contributed by atoms with van der Waals surface area (Å²) >= 11 is 2.95. The molecule has 2 aromatic rings. The van der Waals surface area contributed by atoms with Crippen LogP contribution in [0, 0.1) is 0 Å². The molecule has 0 aliphatic carbocycles. The minimum absolute atomic E-state index is 0.0336. The van der Waals surface area contributed by atoms with Crippen molar-refractivity contribution in [1.29, 1.82) is 0 Å². The molecular formula is C10H7BrO4S. The summed E-state index contributed by atoms with van der Waals surface area (Å²) in [6.07, 6.45) is 0. The Balaban J connectivity index is 3.05. The fourth-order valence-corrected chi connectivity index (χ4v) is 3.26. The van der Waals surface area contributed by atoms with Crippen molar-refractivity contribution >= 4 is 36.8 Å². The first-order valence-corrected chi connectivity index (χ1v) is 6.52. The van der Waals surface area contributed by atoms with Gasteiger partial charge in [0, 0.05) is 5.39 Å². The molecular weight excluding hydrogens is 296 g/mol. The largest absolute Gasteiger partial charge is 0.507 e. The normalized spacial score (nSPS) is 11.9. The smallest absolute Gasteiger partial charge is 0.296 e. The number of phenolic OH excluding ortho intramolecular Hbond substituents is 1. The van der Waals surface area contributed by atoms with Crippen LogP contribution in [0.1, 0.15) is 0 Å². The van der Waals surface area contributed by atoms with Crippen LogP contribution in [0.3, 0.4) is 0 Å². The van der Waals surface area contributed by atoms with Crippen molar-refractivity contribution in [3.63, 3.8) is 0 Å². The van der Waals surface area contributed by atoms with E-state index in [-0.39, 0.29) is 15.1 Å². The molecule has 2 N–H and O–H groups in total. The molecule has 0 spiro atoms. The van der Waals surface area contributed by atoms with Gasteiger partial charge in [-0.1, -0.05) is 24.3 Å². The molecule has 16 heavy (non-hydrogen) atoms. The summed E-state index contributed by atoms with van der Waals surface area (Å²) in [6.45, 7) is 0.